The minimum absolute atomic E-state index is 0.0233. The number of halogens is 1. The number of hydrogen-bond donors (Lipinski definition) is 2. The Morgan fingerprint density at radius 1 is 0.675 bits per heavy atom. The Hall–Kier alpha value is -2.80. The maximum atomic E-state index is 11.7. The first kappa shape index (κ1) is 37.2. The van der Waals surface area contributed by atoms with Crippen LogP contribution in [0.1, 0.15) is 123 Å². The van der Waals surface area contributed by atoms with Gasteiger partial charge in [0.25, 0.3) is 0 Å². The highest BCUT2D eigenvalue weighted by Gasteiger charge is 2.09. The van der Waals surface area contributed by atoms with Crippen LogP contribution < -0.4 is 11.1 Å². The zero-order chi connectivity index (χ0) is 29.7. The third-order valence-electron chi connectivity index (χ3n) is 6.06. The van der Waals surface area contributed by atoms with E-state index in [0.717, 1.165) is 31.4 Å². The lowest BCUT2D eigenvalue weighted by Gasteiger charge is -2.04. The molecule has 2 aromatic heterocycles. The van der Waals surface area contributed by atoms with E-state index in [0.29, 0.717) is 18.5 Å². The largest absolute Gasteiger partial charge is 0.399 e. The number of nitrogen functional groups attached to an aromatic ring is 1. The fourth-order valence-corrected chi connectivity index (χ4v) is 3.91. The number of pyridine rings is 2. The number of ketones is 1. The van der Waals surface area contributed by atoms with E-state index in [9.17, 15) is 14.4 Å². The van der Waals surface area contributed by atoms with E-state index in [1.54, 1.807) is 49.1 Å². The molecular formula is C32H51ClN4O3. The summed E-state index contributed by atoms with van der Waals surface area (Å²) in [7, 11) is 0. The fourth-order valence-electron chi connectivity index (χ4n) is 3.77. The second-order valence-electron chi connectivity index (χ2n) is 9.88. The van der Waals surface area contributed by atoms with Crippen LogP contribution in [0, 0.1) is 0 Å². The standard InChI is InChI=1S/C17H26N2O2.C10H19ClO.C5H6N2/c1-2-3-4-5-6-7-8-9-16(20)14-17(21)19-15-10-12-18-13-11-15;1-2-3-4-5-6-7-8-9-10(11)12;6-5-1-3-7-4-2-5/h10-13H,2-9,14H2,1H3,(H,18,19,21);2-9H2,1H3;1-4H,(H2,6,7). The Kier molecular flexibility index (Phi) is 25.8. The number of aromatic nitrogens is 2. The Bertz CT molecular complexity index is 882. The summed E-state index contributed by atoms with van der Waals surface area (Å²) in [4.78, 5) is 41.4. The first-order chi connectivity index (χ1) is 19.4. The normalized spacial score (nSPS) is 9.97. The van der Waals surface area contributed by atoms with Crippen LogP contribution in [0.3, 0.4) is 0 Å². The Labute approximate surface area is 247 Å². The summed E-state index contributed by atoms with van der Waals surface area (Å²) in [6.45, 7) is 4.42. The molecular weight excluding hydrogens is 524 g/mol. The van der Waals surface area contributed by atoms with Crippen molar-refractivity contribution in [3.63, 3.8) is 0 Å². The van der Waals surface area contributed by atoms with E-state index in [1.807, 2.05) is 0 Å². The number of carbonyl (C=O) groups is 3. The smallest absolute Gasteiger partial charge is 0.231 e. The average Bonchev–Trinajstić information content (AvgIpc) is 2.93. The first-order valence-electron chi connectivity index (χ1n) is 14.9. The van der Waals surface area contributed by atoms with Crippen LogP contribution in [0.5, 0.6) is 0 Å². The summed E-state index contributed by atoms with van der Waals surface area (Å²) in [5, 5.41) is 2.51. The molecule has 0 aromatic carbocycles. The van der Waals surface area contributed by atoms with Crippen molar-refractivity contribution in [2.75, 3.05) is 11.1 Å². The minimum atomic E-state index is -0.242. The minimum Gasteiger partial charge on any atom is -0.399 e. The number of hydrogen-bond acceptors (Lipinski definition) is 6. The molecule has 7 nitrogen and oxygen atoms in total. The molecule has 0 saturated heterocycles. The van der Waals surface area contributed by atoms with Crippen LogP contribution in [0.25, 0.3) is 0 Å². The SMILES string of the molecule is CCCCCCCCCC(=O)CC(=O)Nc1ccncc1.CCCCCCCCCC(=O)Cl.Nc1ccncc1. The Morgan fingerprint density at radius 3 is 1.52 bits per heavy atom. The van der Waals surface area contributed by atoms with Gasteiger partial charge in [-0.05, 0) is 48.7 Å². The van der Waals surface area contributed by atoms with E-state index in [2.05, 4.69) is 29.1 Å². The molecule has 224 valence electrons. The summed E-state index contributed by atoms with van der Waals surface area (Å²) in [5.74, 6) is -0.218. The van der Waals surface area contributed by atoms with Crippen LogP contribution in [0.15, 0.2) is 49.1 Å². The number of rotatable bonds is 19. The van der Waals surface area contributed by atoms with Gasteiger partial charge in [-0.3, -0.25) is 24.4 Å². The average molecular weight is 575 g/mol. The van der Waals surface area contributed by atoms with E-state index < -0.39 is 0 Å². The van der Waals surface area contributed by atoms with Crippen LogP contribution in [-0.4, -0.2) is 26.9 Å². The number of anilines is 2. The van der Waals surface area contributed by atoms with E-state index in [1.165, 1.54) is 64.2 Å². The molecule has 0 radical (unpaired) electrons. The molecule has 0 unspecified atom stereocenters. The van der Waals surface area contributed by atoms with Gasteiger partial charge < -0.3 is 11.1 Å². The van der Waals surface area contributed by atoms with Gasteiger partial charge in [0.05, 0.1) is 6.42 Å². The predicted octanol–water partition coefficient (Wildman–Crippen LogP) is 8.68. The quantitative estimate of drug-likeness (QED) is 0.0984. The maximum absolute atomic E-state index is 11.7. The Balaban J connectivity index is 0.000000667. The summed E-state index contributed by atoms with van der Waals surface area (Å²) < 4.78 is 0. The monoisotopic (exact) mass is 574 g/mol. The number of nitrogens with zero attached hydrogens (tertiary/aromatic N) is 2. The molecule has 0 aliphatic heterocycles. The third-order valence-corrected chi connectivity index (χ3v) is 6.25. The van der Waals surface area contributed by atoms with Crippen LogP contribution in [0.4, 0.5) is 11.4 Å². The molecule has 2 rings (SSSR count). The highest BCUT2D eigenvalue weighted by molar-refractivity contribution is 6.63. The predicted molar refractivity (Wildman–Crippen MR) is 167 cm³/mol. The van der Waals surface area contributed by atoms with Crippen molar-refractivity contribution in [2.45, 2.75) is 123 Å². The lowest BCUT2D eigenvalue weighted by molar-refractivity contribution is -0.125. The Morgan fingerprint density at radius 2 is 1.10 bits per heavy atom. The van der Waals surface area contributed by atoms with Crippen LogP contribution in [0.2, 0.25) is 0 Å². The number of Topliss-reactive ketones (excluding diaryl/α,β-unsaturated/α-hetero) is 1. The second-order valence-corrected chi connectivity index (χ2v) is 10.3. The van der Waals surface area contributed by atoms with Crippen molar-refractivity contribution in [1.82, 2.24) is 9.97 Å². The van der Waals surface area contributed by atoms with Crippen LogP contribution >= 0.6 is 11.6 Å². The number of nitrogens with one attached hydrogen (secondary N) is 1. The van der Waals surface area contributed by atoms with Gasteiger partial charge >= 0.3 is 0 Å². The van der Waals surface area contributed by atoms with Crippen LogP contribution in [-0.2, 0) is 14.4 Å². The van der Waals surface area contributed by atoms with E-state index in [4.69, 9.17) is 17.3 Å². The zero-order valence-electron chi connectivity index (χ0n) is 24.7. The van der Waals surface area contributed by atoms with Crippen molar-refractivity contribution in [1.29, 1.82) is 0 Å². The molecule has 8 heteroatoms. The lowest BCUT2D eigenvalue weighted by Crippen LogP contribution is -2.16. The van der Waals surface area contributed by atoms with Gasteiger partial charge in [-0.1, -0.05) is 90.9 Å². The first-order valence-corrected chi connectivity index (χ1v) is 15.3. The number of carbonyl (C=O) groups excluding carboxylic acids is 3. The number of amides is 1. The topological polar surface area (TPSA) is 115 Å². The number of unbranched alkanes of at least 4 members (excludes halogenated alkanes) is 12. The van der Waals surface area contributed by atoms with Crippen molar-refractivity contribution in [3.8, 4) is 0 Å². The molecule has 2 heterocycles. The van der Waals surface area contributed by atoms with Crippen molar-refractivity contribution >= 4 is 39.9 Å². The highest BCUT2D eigenvalue weighted by atomic mass is 35.5. The van der Waals surface area contributed by atoms with Crippen molar-refractivity contribution < 1.29 is 14.4 Å². The lowest BCUT2D eigenvalue weighted by atomic mass is 10.1. The highest BCUT2D eigenvalue weighted by Crippen LogP contribution is 2.11. The van der Waals surface area contributed by atoms with Gasteiger partial charge in [0.15, 0.2) is 0 Å². The molecule has 40 heavy (non-hydrogen) atoms. The summed E-state index contributed by atoms with van der Waals surface area (Å²) in [6.07, 6.45) is 24.5. The summed E-state index contributed by atoms with van der Waals surface area (Å²) in [6, 6.07) is 6.91. The fraction of sp³-hybridized carbons (Fsp3) is 0.594. The maximum Gasteiger partial charge on any atom is 0.231 e. The second kappa shape index (κ2) is 27.8. The van der Waals surface area contributed by atoms with Gasteiger partial charge in [0.2, 0.25) is 11.1 Å². The molecule has 0 spiro atoms. The number of nitrogens with two attached hydrogens (primary N) is 1. The van der Waals surface area contributed by atoms with Crippen molar-refractivity contribution in [3.05, 3.63) is 49.1 Å². The van der Waals surface area contributed by atoms with Crippen molar-refractivity contribution in [2.24, 2.45) is 0 Å². The molecule has 0 aliphatic carbocycles. The third kappa shape index (κ3) is 26.8. The molecule has 2 aromatic rings. The molecule has 0 aliphatic rings. The van der Waals surface area contributed by atoms with Gasteiger partial charge in [-0.2, -0.15) is 0 Å². The van der Waals surface area contributed by atoms with Gasteiger partial charge in [-0.25, -0.2) is 0 Å². The molecule has 0 saturated carbocycles. The van der Waals surface area contributed by atoms with Gasteiger partial charge in [-0.15, -0.1) is 0 Å². The molecule has 1 amide bonds. The van der Waals surface area contributed by atoms with E-state index in [-0.39, 0.29) is 23.4 Å². The molecule has 0 bridgehead atoms. The summed E-state index contributed by atoms with van der Waals surface area (Å²) >= 11 is 5.20. The molecule has 3 N–H and O–H groups in total. The molecule has 0 fully saturated rings. The van der Waals surface area contributed by atoms with E-state index >= 15 is 0 Å². The van der Waals surface area contributed by atoms with Gasteiger partial charge in [0, 0.05) is 49.0 Å². The summed E-state index contributed by atoms with van der Waals surface area (Å²) in [5.41, 5.74) is 6.76. The van der Waals surface area contributed by atoms with Gasteiger partial charge in [0.1, 0.15) is 5.78 Å². The zero-order valence-corrected chi connectivity index (χ0v) is 25.5. The molecule has 0 atom stereocenters.